The van der Waals surface area contributed by atoms with Crippen molar-refractivity contribution in [2.75, 3.05) is 11.1 Å². The summed E-state index contributed by atoms with van der Waals surface area (Å²) in [6, 6.07) is 4.02. The third-order valence-electron chi connectivity index (χ3n) is 5.56. The van der Waals surface area contributed by atoms with Crippen molar-refractivity contribution in [2.24, 2.45) is 17.8 Å². The van der Waals surface area contributed by atoms with Crippen LogP contribution in [0.3, 0.4) is 0 Å². The van der Waals surface area contributed by atoms with Gasteiger partial charge >= 0.3 is 0 Å². The number of aryl methyl sites for hydroxylation is 1. The number of aromatic nitrogens is 1. The Morgan fingerprint density at radius 3 is 2.21 bits per heavy atom. The Morgan fingerprint density at radius 1 is 1.11 bits per heavy atom. The molecule has 0 aliphatic heterocycles. The van der Waals surface area contributed by atoms with E-state index in [1.165, 1.54) is 38.5 Å². The molecule has 1 aromatic heterocycles. The van der Waals surface area contributed by atoms with E-state index in [1.54, 1.807) is 0 Å². The number of hydrogen-bond acceptors (Lipinski definition) is 3. The lowest BCUT2D eigenvalue weighted by Gasteiger charge is -2.57. The summed E-state index contributed by atoms with van der Waals surface area (Å²) in [4.78, 5) is 4.61. The molecule has 0 amide bonds. The van der Waals surface area contributed by atoms with Crippen molar-refractivity contribution in [3.63, 3.8) is 0 Å². The van der Waals surface area contributed by atoms with Crippen molar-refractivity contribution in [3.8, 4) is 0 Å². The highest BCUT2D eigenvalue weighted by Crippen LogP contribution is 2.56. The Morgan fingerprint density at radius 2 is 1.68 bits per heavy atom. The SMILES string of the molecule is Cc1nc(NC23CC4CC(CC(C4)C2)C3)ccc1N. The lowest BCUT2D eigenvalue weighted by molar-refractivity contribution is 0.0105. The fraction of sp³-hybridized carbons (Fsp3) is 0.688. The standard InChI is InChI=1S/C16H23N3/c1-10-14(17)2-3-15(18-10)19-16-7-11-4-12(8-16)6-13(5-11)9-16/h2-3,11-13H,4-9,17H2,1H3,(H,18,19). The Balaban J connectivity index is 1.60. The molecule has 0 saturated heterocycles. The van der Waals surface area contributed by atoms with Crippen LogP contribution in [0.2, 0.25) is 0 Å². The van der Waals surface area contributed by atoms with Gasteiger partial charge in [0.15, 0.2) is 0 Å². The van der Waals surface area contributed by atoms with E-state index in [2.05, 4.69) is 10.3 Å². The van der Waals surface area contributed by atoms with Gasteiger partial charge in [-0.05, 0) is 75.3 Å². The number of nitrogens with two attached hydrogens (primary N) is 1. The molecule has 4 saturated carbocycles. The minimum absolute atomic E-state index is 0.338. The van der Waals surface area contributed by atoms with Gasteiger partial charge in [0.25, 0.3) is 0 Å². The summed E-state index contributed by atoms with van der Waals surface area (Å²) in [5.74, 6) is 3.92. The van der Waals surface area contributed by atoms with Gasteiger partial charge in [0, 0.05) is 5.54 Å². The van der Waals surface area contributed by atoms with Crippen molar-refractivity contribution in [3.05, 3.63) is 17.8 Å². The highest BCUT2D eigenvalue weighted by Gasteiger charge is 2.51. The number of nitrogens with zero attached hydrogens (tertiary/aromatic N) is 1. The van der Waals surface area contributed by atoms with E-state index in [0.717, 1.165) is 35.0 Å². The first-order chi connectivity index (χ1) is 9.12. The second-order valence-electron chi connectivity index (χ2n) is 7.19. The molecule has 0 aromatic carbocycles. The van der Waals surface area contributed by atoms with Crippen LogP contribution in [0.25, 0.3) is 0 Å². The molecule has 3 N–H and O–H groups in total. The highest BCUT2D eigenvalue weighted by molar-refractivity contribution is 5.50. The molecule has 0 radical (unpaired) electrons. The van der Waals surface area contributed by atoms with Gasteiger partial charge in [0.1, 0.15) is 5.82 Å². The Kier molecular flexibility index (Phi) is 2.36. The second-order valence-corrected chi connectivity index (χ2v) is 7.19. The molecule has 3 nitrogen and oxygen atoms in total. The Labute approximate surface area is 115 Å². The maximum Gasteiger partial charge on any atom is 0.126 e. The molecule has 1 heterocycles. The van der Waals surface area contributed by atoms with Gasteiger partial charge in [-0.3, -0.25) is 0 Å². The average molecular weight is 257 g/mol. The topological polar surface area (TPSA) is 50.9 Å². The van der Waals surface area contributed by atoms with Crippen LogP contribution < -0.4 is 11.1 Å². The van der Waals surface area contributed by atoms with Gasteiger partial charge in [0.2, 0.25) is 0 Å². The van der Waals surface area contributed by atoms with Crippen LogP contribution in [0.15, 0.2) is 12.1 Å². The first-order valence-electron chi connectivity index (χ1n) is 7.63. The largest absolute Gasteiger partial charge is 0.397 e. The number of hydrogen-bond donors (Lipinski definition) is 2. The zero-order valence-electron chi connectivity index (χ0n) is 11.7. The van der Waals surface area contributed by atoms with Gasteiger partial charge in [-0.2, -0.15) is 0 Å². The van der Waals surface area contributed by atoms with E-state index in [9.17, 15) is 0 Å². The summed E-state index contributed by atoms with van der Waals surface area (Å²) in [6.45, 7) is 1.99. The molecule has 3 heteroatoms. The number of pyridine rings is 1. The fourth-order valence-corrected chi connectivity index (χ4v) is 5.18. The van der Waals surface area contributed by atoms with E-state index >= 15 is 0 Å². The van der Waals surface area contributed by atoms with Crippen LogP contribution in [0.1, 0.15) is 44.2 Å². The van der Waals surface area contributed by atoms with Crippen molar-refractivity contribution in [1.29, 1.82) is 0 Å². The van der Waals surface area contributed by atoms with E-state index in [-0.39, 0.29) is 0 Å². The Hall–Kier alpha value is -1.25. The Bertz CT molecular complexity index is 473. The van der Waals surface area contributed by atoms with Crippen LogP contribution in [0, 0.1) is 24.7 Å². The highest BCUT2D eigenvalue weighted by atomic mass is 15.1. The molecular formula is C16H23N3. The molecule has 4 fully saturated rings. The van der Waals surface area contributed by atoms with Gasteiger partial charge in [-0.15, -0.1) is 0 Å². The summed E-state index contributed by atoms with van der Waals surface area (Å²) < 4.78 is 0. The molecule has 19 heavy (non-hydrogen) atoms. The summed E-state index contributed by atoms with van der Waals surface area (Å²) >= 11 is 0. The zero-order valence-corrected chi connectivity index (χ0v) is 11.7. The van der Waals surface area contributed by atoms with Gasteiger partial charge in [0.05, 0.1) is 11.4 Å². The predicted molar refractivity (Wildman–Crippen MR) is 77.9 cm³/mol. The zero-order chi connectivity index (χ0) is 13.0. The third kappa shape index (κ3) is 1.90. The van der Waals surface area contributed by atoms with Gasteiger partial charge in [-0.25, -0.2) is 4.98 Å². The van der Waals surface area contributed by atoms with Crippen LogP contribution in [0.5, 0.6) is 0 Å². The summed E-state index contributed by atoms with van der Waals surface area (Å²) in [7, 11) is 0. The first kappa shape index (κ1) is 11.6. The van der Waals surface area contributed by atoms with Crippen LogP contribution in [0.4, 0.5) is 11.5 Å². The molecule has 4 bridgehead atoms. The van der Waals surface area contributed by atoms with Crippen molar-refractivity contribution in [1.82, 2.24) is 4.98 Å². The molecule has 5 rings (SSSR count). The lowest BCUT2D eigenvalue weighted by atomic mass is 9.53. The maximum atomic E-state index is 5.86. The smallest absolute Gasteiger partial charge is 0.126 e. The normalized spacial score (nSPS) is 39.5. The van der Waals surface area contributed by atoms with E-state index < -0.39 is 0 Å². The minimum atomic E-state index is 0.338. The first-order valence-corrected chi connectivity index (χ1v) is 7.63. The van der Waals surface area contributed by atoms with Crippen molar-refractivity contribution in [2.45, 2.75) is 51.0 Å². The molecular weight excluding hydrogens is 234 g/mol. The third-order valence-corrected chi connectivity index (χ3v) is 5.56. The molecule has 4 aliphatic carbocycles. The monoisotopic (exact) mass is 257 g/mol. The van der Waals surface area contributed by atoms with E-state index in [0.29, 0.717) is 5.54 Å². The van der Waals surface area contributed by atoms with E-state index in [4.69, 9.17) is 5.73 Å². The molecule has 0 spiro atoms. The van der Waals surface area contributed by atoms with Gasteiger partial charge in [-0.1, -0.05) is 0 Å². The summed E-state index contributed by atoms with van der Waals surface area (Å²) in [5.41, 5.74) is 7.92. The molecule has 102 valence electrons. The molecule has 1 aromatic rings. The maximum absolute atomic E-state index is 5.86. The number of nitrogen functional groups attached to an aromatic ring is 1. The predicted octanol–water partition coefficient (Wildman–Crippen LogP) is 3.35. The second kappa shape index (κ2) is 3.87. The minimum Gasteiger partial charge on any atom is -0.397 e. The molecule has 4 aliphatic rings. The summed E-state index contributed by atoms with van der Waals surface area (Å²) in [5, 5.41) is 3.79. The summed E-state index contributed by atoms with van der Waals surface area (Å²) in [6.07, 6.45) is 8.50. The number of rotatable bonds is 2. The van der Waals surface area contributed by atoms with E-state index in [1.807, 2.05) is 19.1 Å². The lowest BCUT2D eigenvalue weighted by Crippen LogP contribution is -2.54. The fourth-order valence-electron chi connectivity index (χ4n) is 5.18. The van der Waals surface area contributed by atoms with Crippen LogP contribution in [-0.4, -0.2) is 10.5 Å². The average Bonchev–Trinajstić information content (AvgIpc) is 2.31. The van der Waals surface area contributed by atoms with Gasteiger partial charge < -0.3 is 11.1 Å². The van der Waals surface area contributed by atoms with Crippen molar-refractivity contribution >= 4 is 11.5 Å². The molecule has 0 unspecified atom stereocenters. The quantitative estimate of drug-likeness (QED) is 0.854. The van der Waals surface area contributed by atoms with Crippen molar-refractivity contribution < 1.29 is 0 Å². The number of anilines is 2. The van der Waals surface area contributed by atoms with Crippen LogP contribution in [-0.2, 0) is 0 Å². The van der Waals surface area contributed by atoms with Crippen LogP contribution >= 0.6 is 0 Å². The molecule has 0 atom stereocenters. The number of nitrogens with one attached hydrogen (secondary N) is 1.